The van der Waals surface area contributed by atoms with Crippen molar-refractivity contribution in [2.75, 3.05) is 12.4 Å². The van der Waals surface area contributed by atoms with Gasteiger partial charge in [0.2, 0.25) is 5.91 Å². The number of carbonyl (C=O) groups excluding carboxylic acids is 1. The lowest BCUT2D eigenvalue weighted by Gasteiger charge is -2.13. The molecule has 0 aliphatic carbocycles. The van der Waals surface area contributed by atoms with Gasteiger partial charge in [0.05, 0.1) is 13.0 Å². The second-order valence-corrected chi connectivity index (χ2v) is 5.78. The minimum atomic E-state index is -2.93. The number of nitrogens with one attached hydrogen (secondary N) is 1. The van der Waals surface area contributed by atoms with Crippen LogP contribution in [0.1, 0.15) is 17.0 Å². The number of alkyl halides is 2. The van der Waals surface area contributed by atoms with Crippen LogP contribution >= 0.6 is 11.6 Å². The summed E-state index contributed by atoms with van der Waals surface area (Å²) in [6.07, 6.45) is 0.409. The normalized spacial score (nSPS) is 16.0. The molecule has 4 nitrogen and oxygen atoms in total. The Bertz CT molecular complexity index is 782. The summed E-state index contributed by atoms with van der Waals surface area (Å²) in [5.41, 5.74) is 2.33. The molecule has 0 spiro atoms. The van der Waals surface area contributed by atoms with Gasteiger partial charge in [-0.1, -0.05) is 23.7 Å². The molecule has 1 aliphatic heterocycles. The second-order valence-electron chi connectivity index (χ2n) is 5.34. The number of benzene rings is 2. The molecule has 1 N–H and O–H groups in total. The second kappa shape index (κ2) is 6.65. The Hall–Kier alpha value is -2.34. The highest BCUT2D eigenvalue weighted by Crippen LogP contribution is 2.38. The van der Waals surface area contributed by atoms with Crippen molar-refractivity contribution < 1.29 is 23.0 Å². The van der Waals surface area contributed by atoms with Crippen molar-refractivity contribution in [2.24, 2.45) is 0 Å². The van der Waals surface area contributed by atoms with Crippen LogP contribution in [0.4, 0.5) is 14.5 Å². The molecule has 0 bridgehead atoms. The molecule has 1 amide bonds. The summed E-state index contributed by atoms with van der Waals surface area (Å²) < 4.78 is 34.2. The Morgan fingerprint density at radius 3 is 2.71 bits per heavy atom. The van der Waals surface area contributed by atoms with Crippen LogP contribution < -0.4 is 14.8 Å². The van der Waals surface area contributed by atoms with E-state index in [1.54, 1.807) is 24.3 Å². The van der Waals surface area contributed by atoms with E-state index in [4.69, 9.17) is 16.3 Å². The van der Waals surface area contributed by atoms with Gasteiger partial charge in [-0.25, -0.2) is 0 Å². The van der Waals surface area contributed by atoms with Crippen molar-refractivity contribution in [3.63, 3.8) is 0 Å². The van der Waals surface area contributed by atoms with Gasteiger partial charge in [-0.05, 0) is 41.8 Å². The van der Waals surface area contributed by atoms with E-state index in [1.165, 1.54) is 13.2 Å². The molecule has 0 radical (unpaired) electrons. The largest absolute Gasteiger partial charge is 0.493 e. The minimum Gasteiger partial charge on any atom is -0.493 e. The molecule has 0 saturated heterocycles. The molecule has 1 aliphatic rings. The third kappa shape index (κ3) is 3.28. The van der Waals surface area contributed by atoms with Gasteiger partial charge in [-0.15, -0.1) is 0 Å². The lowest BCUT2D eigenvalue weighted by molar-refractivity contribution is -0.117. The molecular weight excluding hydrogens is 340 g/mol. The van der Waals surface area contributed by atoms with E-state index in [0.717, 1.165) is 11.1 Å². The number of amides is 1. The van der Waals surface area contributed by atoms with Crippen LogP contribution in [-0.2, 0) is 11.2 Å². The molecule has 0 aromatic heterocycles. The number of rotatable bonds is 5. The standard InChI is InChI=1S/C17H14ClF2NO3/c1-23-15-7-9(2-5-14(15)24-17(19)20)6-12-11-4-3-10(18)8-13(11)21-16(12)22/h2-5,7-8,12,17H,6H2,1H3,(H,21,22). The monoisotopic (exact) mass is 353 g/mol. The third-order valence-corrected chi connectivity index (χ3v) is 4.08. The number of ether oxygens (including phenoxy) is 2. The zero-order chi connectivity index (χ0) is 17.3. The van der Waals surface area contributed by atoms with Gasteiger partial charge >= 0.3 is 6.61 Å². The lowest BCUT2D eigenvalue weighted by atomic mass is 9.93. The van der Waals surface area contributed by atoms with Gasteiger partial charge in [-0.3, -0.25) is 4.79 Å². The summed E-state index contributed by atoms with van der Waals surface area (Å²) in [7, 11) is 1.37. The number of hydrogen-bond donors (Lipinski definition) is 1. The van der Waals surface area contributed by atoms with Gasteiger partial charge < -0.3 is 14.8 Å². The molecule has 1 atom stereocenters. The van der Waals surface area contributed by atoms with Crippen LogP contribution in [0.25, 0.3) is 0 Å². The maximum Gasteiger partial charge on any atom is 0.387 e. The summed E-state index contributed by atoms with van der Waals surface area (Å²) in [5.74, 6) is -0.343. The average molecular weight is 354 g/mol. The quantitative estimate of drug-likeness (QED) is 0.875. The zero-order valence-electron chi connectivity index (χ0n) is 12.7. The predicted molar refractivity (Wildman–Crippen MR) is 86.2 cm³/mol. The first kappa shape index (κ1) is 16.5. The van der Waals surface area contributed by atoms with Crippen LogP contribution in [-0.4, -0.2) is 19.6 Å². The fourth-order valence-corrected chi connectivity index (χ4v) is 2.94. The predicted octanol–water partition coefficient (Wildman–Crippen LogP) is 4.23. The number of hydrogen-bond acceptors (Lipinski definition) is 3. The Labute approximate surface area is 142 Å². The van der Waals surface area contributed by atoms with Gasteiger partial charge in [0.25, 0.3) is 0 Å². The Morgan fingerprint density at radius 1 is 1.21 bits per heavy atom. The van der Waals surface area contributed by atoms with Crippen molar-refractivity contribution in [1.82, 2.24) is 0 Å². The van der Waals surface area contributed by atoms with E-state index in [1.807, 2.05) is 6.07 Å². The number of carbonyl (C=O) groups is 1. The molecule has 24 heavy (non-hydrogen) atoms. The molecule has 7 heteroatoms. The molecular formula is C17H14ClF2NO3. The van der Waals surface area contributed by atoms with Crippen LogP contribution in [0.3, 0.4) is 0 Å². The van der Waals surface area contributed by atoms with Crippen molar-refractivity contribution in [3.05, 3.63) is 52.5 Å². The summed E-state index contributed by atoms with van der Waals surface area (Å²) in [6, 6.07) is 9.89. The number of methoxy groups -OCH3 is 1. The van der Waals surface area contributed by atoms with Crippen molar-refractivity contribution >= 4 is 23.2 Å². The van der Waals surface area contributed by atoms with E-state index >= 15 is 0 Å². The minimum absolute atomic E-state index is 0.0423. The fourth-order valence-electron chi connectivity index (χ4n) is 2.77. The molecule has 1 heterocycles. The topological polar surface area (TPSA) is 47.6 Å². The average Bonchev–Trinajstić information content (AvgIpc) is 2.83. The Kier molecular flexibility index (Phi) is 4.57. The first-order valence-corrected chi connectivity index (χ1v) is 7.57. The van der Waals surface area contributed by atoms with Crippen LogP contribution in [0.2, 0.25) is 5.02 Å². The van der Waals surface area contributed by atoms with Gasteiger partial charge in [-0.2, -0.15) is 8.78 Å². The number of anilines is 1. The first-order valence-electron chi connectivity index (χ1n) is 7.20. The highest BCUT2D eigenvalue weighted by atomic mass is 35.5. The van der Waals surface area contributed by atoms with E-state index < -0.39 is 6.61 Å². The fraction of sp³-hybridized carbons (Fsp3) is 0.235. The van der Waals surface area contributed by atoms with E-state index in [0.29, 0.717) is 17.1 Å². The number of fused-ring (bicyclic) bond motifs is 1. The van der Waals surface area contributed by atoms with Crippen LogP contribution in [0, 0.1) is 0 Å². The summed E-state index contributed by atoms with van der Waals surface area (Å²) >= 11 is 5.93. The first-order chi connectivity index (χ1) is 11.5. The molecule has 126 valence electrons. The number of halogens is 3. The SMILES string of the molecule is COc1cc(CC2C(=O)Nc3cc(Cl)ccc32)ccc1OC(F)F. The summed E-state index contributed by atoms with van der Waals surface area (Å²) in [5, 5.41) is 3.34. The highest BCUT2D eigenvalue weighted by molar-refractivity contribution is 6.31. The van der Waals surface area contributed by atoms with E-state index in [2.05, 4.69) is 10.1 Å². The smallest absolute Gasteiger partial charge is 0.387 e. The Morgan fingerprint density at radius 2 is 2.00 bits per heavy atom. The third-order valence-electron chi connectivity index (χ3n) is 3.85. The van der Waals surface area contributed by atoms with Crippen molar-refractivity contribution in [3.8, 4) is 11.5 Å². The van der Waals surface area contributed by atoms with Crippen molar-refractivity contribution in [2.45, 2.75) is 19.0 Å². The van der Waals surface area contributed by atoms with Gasteiger partial charge in [0, 0.05) is 10.7 Å². The van der Waals surface area contributed by atoms with Crippen LogP contribution in [0.5, 0.6) is 11.5 Å². The highest BCUT2D eigenvalue weighted by Gasteiger charge is 2.30. The maximum absolute atomic E-state index is 12.4. The molecule has 1 unspecified atom stereocenters. The lowest BCUT2D eigenvalue weighted by Crippen LogP contribution is -2.14. The molecule has 3 rings (SSSR count). The summed E-state index contributed by atoms with van der Waals surface area (Å²) in [6.45, 7) is -2.93. The zero-order valence-corrected chi connectivity index (χ0v) is 13.4. The van der Waals surface area contributed by atoms with Crippen LogP contribution in [0.15, 0.2) is 36.4 Å². The van der Waals surface area contributed by atoms with E-state index in [-0.39, 0.29) is 23.3 Å². The maximum atomic E-state index is 12.4. The Balaban J connectivity index is 1.85. The van der Waals surface area contributed by atoms with E-state index in [9.17, 15) is 13.6 Å². The molecule has 2 aromatic rings. The summed E-state index contributed by atoms with van der Waals surface area (Å²) in [4.78, 5) is 12.2. The molecule has 0 fully saturated rings. The van der Waals surface area contributed by atoms with Crippen molar-refractivity contribution in [1.29, 1.82) is 0 Å². The van der Waals surface area contributed by atoms with Gasteiger partial charge in [0.1, 0.15) is 0 Å². The molecule has 0 saturated carbocycles. The van der Waals surface area contributed by atoms with Gasteiger partial charge in [0.15, 0.2) is 11.5 Å². The molecule has 2 aromatic carbocycles.